The Labute approximate surface area is 86.7 Å². The lowest BCUT2D eigenvalue weighted by Crippen LogP contribution is -2.21. The van der Waals surface area contributed by atoms with Gasteiger partial charge in [-0.05, 0) is 18.6 Å². The summed E-state index contributed by atoms with van der Waals surface area (Å²) in [5, 5.41) is 8.81. The molecule has 15 heavy (non-hydrogen) atoms. The van der Waals surface area contributed by atoms with E-state index in [1.807, 2.05) is 0 Å². The van der Waals surface area contributed by atoms with Crippen LogP contribution in [0.4, 0.5) is 8.78 Å². The SMILES string of the molecule is Cc1cc(CO)cnc1OCC(C)(F)F. The minimum absolute atomic E-state index is 0.127. The van der Waals surface area contributed by atoms with E-state index in [4.69, 9.17) is 9.84 Å². The summed E-state index contributed by atoms with van der Waals surface area (Å²) in [5.74, 6) is -2.70. The predicted octanol–water partition coefficient (Wildman–Crippen LogP) is 1.92. The fourth-order valence-electron chi connectivity index (χ4n) is 1.05. The van der Waals surface area contributed by atoms with Crippen molar-refractivity contribution >= 4 is 0 Å². The molecule has 0 amide bonds. The van der Waals surface area contributed by atoms with E-state index >= 15 is 0 Å². The van der Waals surface area contributed by atoms with E-state index in [1.165, 1.54) is 6.20 Å². The first-order valence-corrected chi connectivity index (χ1v) is 4.49. The third-order valence-electron chi connectivity index (χ3n) is 1.73. The van der Waals surface area contributed by atoms with Crippen LogP contribution in [0.2, 0.25) is 0 Å². The van der Waals surface area contributed by atoms with Gasteiger partial charge < -0.3 is 9.84 Å². The smallest absolute Gasteiger partial charge is 0.278 e. The number of nitrogens with zero attached hydrogens (tertiary/aromatic N) is 1. The van der Waals surface area contributed by atoms with Crippen molar-refractivity contribution in [1.29, 1.82) is 0 Å². The van der Waals surface area contributed by atoms with Gasteiger partial charge >= 0.3 is 0 Å². The summed E-state index contributed by atoms with van der Waals surface area (Å²) in [6, 6.07) is 1.65. The molecule has 0 saturated carbocycles. The molecule has 0 aliphatic rings. The van der Waals surface area contributed by atoms with E-state index in [1.54, 1.807) is 13.0 Å². The number of alkyl halides is 2. The maximum Gasteiger partial charge on any atom is 0.278 e. The van der Waals surface area contributed by atoms with Gasteiger partial charge in [-0.25, -0.2) is 13.8 Å². The van der Waals surface area contributed by atoms with Crippen molar-refractivity contribution < 1.29 is 18.6 Å². The normalized spacial score (nSPS) is 11.5. The lowest BCUT2D eigenvalue weighted by Gasteiger charge is -2.12. The van der Waals surface area contributed by atoms with Crippen molar-refractivity contribution in [2.75, 3.05) is 6.61 Å². The van der Waals surface area contributed by atoms with Crippen LogP contribution in [0.1, 0.15) is 18.1 Å². The summed E-state index contributed by atoms with van der Waals surface area (Å²) in [7, 11) is 0. The number of halogens is 2. The molecule has 0 aliphatic carbocycles. The van der Waals surface area contributed by atoms with Gasteiger partial charge in [0, 0.05) is 18.7 Å². The molecular formula is C10H13F2NO2. The molecule has 0 fully saturated rings. The zero-order valence-corrected chi connectivity index (χ0v) is 8.63. The maximum atomic E-state index is 12.5. The highest BCUT2D eigenvalue weighted by Gasteiger charge is 2.22. The number of aromatic nitrogens is 1. The standard InChI is InChI=1S/C10H13F2NO2/c1-7-3-8(5-14)4-13-9(7)15-6-10(2,11)12/h3-4,14H,5-6H2,1-2H3. The maximum absolute atomic E-state index is 12.5. The molecule has 1 rings (SSSR count). The van der Waals surface area contributed by atoms with E-state index < -0.39 is 12.5 Å². The lowest BCUT2D eigenvalue weighted by atomic mass is 10.2. The van der Waals surface area contributed by atoms with Crippen LogP contribution in [0, 0.1) is 6.92 Å². The Morgan fingerprint density at radius 3 is 2.67 bits per heavy atom. The number of aliphatic hydroxyl groups excluding tert-OH is 1. The molecule has 0 radical (unpaired) electrons. The third kappa shape index (κ3) is 3.79. The second-order valence-corrected chi connectivity index (χ2v) is 3.48. The second kappa shape index (κ2) is 4.53. The molecule has 84 valence electrons. The molecule has 1 heterocycles. The molecule has 0 aromatic carbocycles. The van der Waals surface area contributed by atoms with Gasteiger partial charge in [0.25, 0.3) is 5.92 Å². The summed E-state index contributed by atoms with van der Waals surface area (Å²) in [6.45, 7) is 1.65. The molecule has 5 heteroatoms. The summed E-state index contributed by atoms with van der Waals surface area (Å²) in [5.41, 5.74) is 1.26. The summed E-state index contributed by atoms with van der Waals surface area (Å²) in [6.07, 6.45) is 1.40. The Morgan fingerprint density at radius 1 is 1.53 bits per heavy atom. The lowest BCUT2D eigenvalue weighted by molar-refractivity contribution is -0.0244. The molecule has 0 bridgehead atoms. The molecule has 1 N–H and O–H groups in total. The van der Waals surface area contributed by atoms with Gasteiger partial charge in [0.15, 0.2) is 6.61 Å². The van der Waals surface area contributed by atoms with Gasteiger partial charge in [-0.3, -0.25) is 0 Å². The van der Waals surface area contributed by atoms with E-state index in [0.29, 0.717) is 11.1 Å². The Kier molecular flexibility index (Phi) is 3.57. The quantitative estimate of drug-likeness (QED) is 0.837. The fraction of sp³-hybridized carbons (Fsp3) is 0.500. The first-order chi connectivity index (χ1) is 6.92. The van der Waals surface area contributed by atoms with Gasteiger partial charge in [-0.15, -0.1) is 0 Å². The number of hydrogen-bond donors (Lipinski definition) is 1. The zero-order chi connectivity index (χ0) is 11.5. The summed E-state index contributed by atoms with van der Waals surface area (Å²) >= 11 is 0. The highest BCUT2D eigenvalue weighted by atomic mass is 19.3. The van der Waals surface area contributed by atoms with Crippen molar-refractivity contribution in [1.82, 2.24) is 4.98 Å². The number of ether oxygens (including phenoxy) is 1. The molecule has 0 saturated heterocycles. The topological polar surface area (TPSA) is 42.4 Å². The largest absolute Gasteiger partial charge is 0.471 e. The van der Waals surface area contributed by atoms with Gasteiger partial charge in [-0.1, -0.05) is 0 Å². The van der Waals surface area contributed by atoms with E-state index in [-0.39, 0.29) is 12.5 Å². The van der Waals surface area contributed by atoms with Crippen LogP contribution in [0.3, 0.4) is 0 Å². The second-order valence-electron chi connectivity index (χ2n) is 3.48. The highest BCUT2D eigenvalue weighted by molar-refractivity contribution is 5.28. The van der Waals surface area contributed by atoms with Crippen molar-refractivity contribution in [2.24, 2.45) is 0 Å². The van der Waals surface area contributed by atoms with E-state index in [2.05, 4.69) is 4.98 Å². The number of rotatable bonds is 4. The third-order valence-corrected chi connectivity index (χ3v) is 1.73. The number of pyridine rings is 1. The minimum atomic E-state index is -2.87. The molecule has 0 unspecified atom stereocenters. The fourth-order valence-corrected chi connectivity index (χ4v) is 1.05. The van der Waals surface area contributed by atoms with Crippen LogP contribution in [0.15, 0.2) is 12.3 Å². The van der Waals surface area contributed by atoms with Crippen LogP contribution < -0.4 is 4.74 Å². The molecule has 3 nitrogen and oxygen atoms in total. The molecule has 0 aliphatic heterocycles. The Morgan fingerprint density at radius 2 is 2.20 bits per heavy atom. The summed E-state index contributed by atoms with van der Waals surface area (Å²) < 4.78 is 29.8. The first kappa shape index (κ1) is 11.8. The molecule has 0 atom stereocenters. The highest BCUT2D eigenvalue weighted by Crippen LogP contribution is 2.18. The average Bonchev–Trinajstić information content (AvgIpc) is 2.14. The van der Waals surface area contributed by atoms with E-state index in [0.717, 1.165) is 6.92 Å². The van der Waals surface area contributed by atoms with Crippen molar-refractivity contribution in [3.63, 3.8) is 0 Å². The Hall–Kier alpha value is -1.23. The monoisotopic (exact) mass is 217 g/mol. The molecule has 1 aromatic heterocycles. The van der Waals surface area contributed by atoms with Crippen LogP contribution in [0.25, 0.3) is 0 Å². The molecule has 1 aromatic rings. The van der Waals surface area contributed by atoms with Crippen molar-refractivity contribution in [3.05, 3.63) is 23.4 Å². The number of hydrogen-bond acceptors (Lipinski definition) is 3. The number of aliphatic hydroxyl groups is 1. The van der Waals surface area contributed by atoms with Crippen LogP contribution in [-0.2, 0) is 6.61 Å². The van der Waals surface area contributed by atoms with E-state index in [9.17, 15) is 8.78 Å². The molecular weight excluding hydrogens is 204 g/mol. The zero-order valence-electron chi connectivity index (χ0n) is 8.63. The Balaban J connectivity index is 2.70. The van der Waals surface area contributed by atoms with Gasteiger partial charge in [0.05, 0.1) is 6.61 Å². The average molecular weight is 217 g/mol. The van der Waals surface area contributed by atoms with Crippen molar-refractivity contribution in [2.45, 2.75) is 26.4 Å². The predicted molar refractivity (Wildman–Crippen MR) is 51.0 cm³/mol. The van der Waals surface area contributed by atoms with Crippen LogP contribution >= 0.6 is 0 Å². The van der Waals surface area contributed by atoms with Gasteiger partial charge in [0.1, 0.15) is 0 Å². The minimum Gasteiger partial charge on any atom is -0.471 e. The van der Waals surface area contributed by atoms with Crippen molar-refractivity contribution in [3.8, 4) is 5.88 Å². The number of aryl methyl sites for hydroxylation is 1. The van der Waals surface area contributed by atoms with Gasteiger partial charge in [-0.2, -0.15) is 0 Å². The summed E-state index contributed by atoms with van der Waals surface area (Å²) in [4.78, 5) is 3.84. The van der Waals surface area contributed by atoms with Gasteiger partial charge in [0.2, 0.25) is 5.88 Å². The molecule has 0 spiro atoms. The van der Waals surface area contributed by atoms with Crippen LogP contribution in [-0.4, -0.2) is 22.6 Å². The van der Waals surface area contributed by atoms with Crippen LogP contribution in [0.5, 0.6) is 5.88 Å². The first-order valence-electron chi connectivity index (χ1n) is 4.49. The Bertz CT molecular complexity index is 337.